The van der Waals surface area contributed by atoms with Crippen LogP contribution in [0.5, 0.6) is 0 Å². The van der Waals surface area contributed by atoms with Crippen molar-refractivity contribution in [1.82, 2.24) is 4.98 Å². The highest BCUT2D eigenvalue weighted by atomic mass is 19.1. The minimum atomic E-state index is -0.0382. The van der Waals surface area contributed by atoms with Crippen LogP contribution >= 0.6 is 0 Å². The molecule has 2 heteroatoms. The van der Waals surface area contributed by atoms with Gasteiger partial charge in [-0.05, 0) is 73.0 Å². The molecule has 2 unspecified atom stereocenters. The third-order valence-electron chi connectivity index (χ3n) is 7.77. The molecule has 28 heavy (non-hydrogen) atoms. The average molecular weight is 380 g/mol. The van der Waals surface area contributed by atoms with Crippen molar-refractivity contribution in [3.63, 3.8) is 0 Å². The van der Waals surface area contributed by atoms with Crippen LogP contribution in [0.2, 0.25) is 0 Å². The van der Waals surface area contributed by atoms with E-state index in [0.29, 0.717) is 5.69 Å². The van der Waals surface area contributed by atoms with E-state index in [1.54, 1.807) is 0 Å². The number of aromatic nitrogens is 1. The van der Waals surface area contributed by atoms with Gasteiger partial charge in [0.15, 0.2) is 0 Å². The van der Waals surface area contributed by atoms with E-state index in [-0.39, 0.29) is 22.6 Å². The van der Waals surface area contributed by atoms with Crippen molar-refractivity contribution < 1.29 is 4.39 Å². The summed E-state index contributed by atoms with van der Waals surface area (Å²) in [6, 6.07) is 0. The standard InChI is InChI=1S/C26H34FN/c1-6-18(7-2)23-21-17(3)26(5)14-10-13-25(4,16-26)15-20(21)22(27)24(28-23)19-11-8-9-12-19/h6-7,19H,1,3,8-16H2,2,4-5H3/b18-7+. The molecule has 0 saturated heterocycles. The first-order valence-corrected chi connectivity index (χ1v) is 11.0. The van der Waals surface area contributed by atoms with Crippen LogP contribution in [0.1, 0.15) is 101 Å². The van der Waals surface area contributed by atoms with Gasteiger partial charge in [-0.25, -0.2) is 9.37 Å². The van der Waals surface area contributed by atoms with E-state index >= 15 is 4.39 Å². The van der Waals surface area contributed by atoms with Gasteiger partial charge in [-0.3, -0.25) is 0 Å². The highest BCUT2D eigenvalue weighted by Gasteiger charge is 2.46. The summed E-state index contributed by atoms with van der Waals surface area (Å²) >= 11 is 0. The third kappa shape index (κ3) is 3.00. The molecule has 0 aromatic carbocycles. The van der Waals surface area contributed by atoms with Crippen molar-refractivity contribution in [1.29, 1.82) is 0 Å². The Morgan fingerprint density at radius 3 is 2.54 bits per heavy atom. The topological polar surface area (TPSA) is 12.9 Å². The molecule has 2 atom stereocenters. The second-order valence-corrected chi connectivity index (χ2v) is 10.00. The van der Waals surface area contributed by atoms with Crippen LogP contribution in [-0.4, -0.2) is 4.98 Å². The van der Waals surface area contributed by atoms with Gasteiger partial charge < -0.3 is 0 Å². The van der Waals surface area contributed by atoms with Crippen molar-refractivity contribution in [2.45, 2.75) is 84.5 Å². The van der Waals surface area contributed by atoms with Gasteiger partial charge in [0.25, 0.3) is 0 Å². The lowest BCUT2D eigenvalue weighted by Crippen LogP contribution is -2.32. The zero-order chi connectivity index (χ0) is 20.1. The summed E-state index contributed by atoms with van der Waals surface area (Å²) < 4.78 is 16.0. The summed E-state index contributed by atoms with van der Waals surface area (Å²) in [5.41, 5.74) is 5.73. The minimum Gasteiger partial charge on any atom is -0.249 e. The smallest absolute Gasteiger partial charge is 0.148 e. The fourth-order valence-electron chi connectivity index (χ4n) is 6.31. The van der Waals surface area contributed by atoms with Crippen LogP contribution in [0.15, 0.2) is 25.3 Å². The Morgan fingerprint density at radius 2 is 1.89 bits per heavy atom. The summed E-state index contributed by atoms with van der Waals surface area (Å²) in [5, 5.41) is 0. The molecule has 2 saturated carbocycles. The van der Waals surface area contributed by atoms with Gasteiger partial charge in [0, 0.05) is 11.5 Å². The second kappa shape index (κ2) is 6.97. The van der Waals surface area contributed by atoms with Crippen molar-refractivity contribution in [3.05, 3.63) is 53.6 Å². The number of pyridine rings is 1. The van der Waals surface area contributed by atoms with E-state index < -0.39 is 0 Å². The molecule has 1 aromatic rings. The first kappa shape index (κ1) is 19.6. The fraction of sp³-hybridized carbons (Fsp3) is 0.577. The molecule has 1 nitrogen and oxygen atoms in total. The van der Waals surface area contributed by atoms with Crippen molar-refractivity contribution >= 4 is 11.1 Å². The Balaban J connectivity index is 2.02. The van der Waals surface area contributed by atoms with Gasteiger partial charge in [-0.2, -0.15) is 0 Å². The SMILES string of the molecule is C=C/C(=C\C)c1nc(C2CCCC2)c(F)c2c1C(=C)C1(C)CCCC(C)(C2)C1. The summed E-state index contributed by atoms with van der Waals surface area (Å²) in [5.74, 6) is 0.218. The van der Waals surface area contributed by atoms with E-state index in [0.717, 1.165) is 60.1 Å². The molecule has 3 aliphatic rings. The molecule has 0 aliphatic heterocycles. The van der Waals surface area contributed by atoms with Crippen molar-refractivity contribution in [2.75, 3.05) is 0 Å². The maximum atomic E-state index is 16.0. The Hall–Kier alpha value is -1.70. The zero-order valence-electron chi connectivity index (χ0n) is 17.8. The van der Waals surface area contributed by atoms with Crippen LogP contribution < -0.4 is 0 Å². The fourth-order valence-corrected chi connectivity index (χ4v) is 6.31. The summed E-state index contributed by atoms with van der Waals surface area (Å²) in [7, 11) is 0. The Kier molecular flexibility index (Phi) is 4.88. The van der Waals surface area contributed by atoms with Crippen LogP contribution in [0.3, 0.4) is 0 Å². The summed E-state index contributed by atoms with van der Waals surface area (Å²) in [6.07, 6.45) is 13.8. The molecule has 0 amide bonds. The lowest BCUT2D eigenvalue weighted by atomic mass is 9.61. The summed E-state index contributed by atoms with van der Waals surface area (Å²) in [4.78, 5) is 4.99. The summed E-state index contributed by atoms with van der Waals surface area (Å²) in [6.45, 7) is 15.3. The number of allylic oxidation sites excluding steroid dienone is 4. The average Bonchev–Trinajstić information content (AvgIpc) is 3.16. The van der Waals surface area contributed by atoms with Crippen LogP contribution in [-0.2, 0) is 6.42 Å². The lowest BCUT2D eigenvalue weighted by Gasteiger charge is -2.43. The molecule has 3 aliphatic carbocycles. The Bertz CT molecular complexity index is 858. The number of halogens is 1. The highest BCUT2D eigenvalue weighted by molar-refractivity contribution is 5.84. The molecule has 1 heterocycles. The van der Waals surface area contributed by atoms with Crippen LogP contribution in [0, 0.1) is 16.6 Å². The molecular weight excluding hydrogens is 345 g/mol. The molecular formula is C26H34FN. The maximum Gasteiger partial charge on any atom is 0.148 e. The number of hydrogen-bond donors (Lipinski definition) is 0. The van der Waals surface area contributed by atoms with E-state index in [1.807, 2.05) is 13.0 Å². The van der Waals surface area contributed by atoms with E-state index in [9.17, 15) is 0 Å². The highest BCUT2D eigenvalue weighted by Crippen LogP contribution is 2.58. The van der Waals surface area contributed by atoms with Gasteiger partial charge >= 0.3 is 0 Å². The van der Waals surface area contributed by atoms with E-state index in [4.69, 9.17) is 4.98 Å². The van der Waals surface area contributed by atoms with Crippen molar-refractivity contribution in [2.24, 2.45) is 10.8 Å². The molecule has 0 N–H and O–H groups in total. The largest absolute Gasteiger partial charge is 0.249 e. The molecule has 0 spiro atoms. The minimum absolute atomic E-state index is 0.0238. The maximum absolute atomic E-state index is 16.0. The van der Waals surface area contributed by atoms with Gasteiger partial charge in [-0.1, -0.05) is 58.4 Å². The first-order valence-electron chi connectivity index (χ1n) is 11.0. The number of hydrogen-bond acceptors (Lipinski definition) is 1. The van der Waals surface area contributed by atoms with Crippen molar-refractivity contribution in [3.8, 4) is 0 Å². The molecule has 2 fully saturated rings. The molecule has 1 aromatic heterocycles. The first-order chi connectivity index (χ1) is 13.3. The van der Waals surface area contributed by atoms with Gasteiger partial charge in [0.2, 0.25) is 0 Å². The zero-order valence-corrected chi connectivity index (χ0v) is 17.8. The van der Waals surface area contributed by atoms with Gasteiger partial charge in [-0.15, -0.1) is 0 Å². The number of nitrogens with zero attached hydrogens (tertiary/aromatic N) is 1. The van der Waals surface area contributed by atoms with Crippen LogP contribution in [0.4, 0.5) is 4.39 Å². The third-order valence-corrected chi connectivity index (χ3v) is 7.77. The Morgan fingerprint density at radius 1 is 1.18 bits per heavy atom. The monoisotopic (exact) mass is 379 g/mol. The molecule has 150 valence electrons. The van der Waals surface area contributed by atoms with E-state index in [1.165, 1.54) is 25.7 Å². The predicted molar refractivity (Wildman–Crippen MR) is 117 cm³/mol. The lowest BCUT2D eigenvalue weighted by molar-refractivity contribution is 0.131. The molecule has 0 radical (unpaired) electrons. The molecule has 2 bridgehead atoms. The van der Waals surface area contributed by atoms with Gasteiger partial charge in [0.05, 0.1) is 11.4 Å². The molecule has 4 rings (SSSR count). The normalized spacial score (nSPS) is 30.9. The Labute approximate surface area is 169 Å². The number of fused-ring (bicyclic) bond motifs is 3. The number of rotatable bonds is 3. The van der Waals surface area contributed by atoms with Crippen LogP contribution in [0.25, 0.3) is 11.1 Å². The van der Waals surface area contributed by atoms with E-state index in [2.05, 4.69) is 33.1 Å². The predicted octanol–water partition coefficient (Wildman–Crippen LogP) is 7.62. The quantitative estimate of drug-likeness (QED) is 0.492. The van der Waals surface area contributed by atoms with Gasteiger partial charge in [0.1, 0.15) is 5.82 Å². The second-order valence-electron chi connectivity index (χ2n) is 10.00.